The van der Waals surface area contributed by atoms with E-state index in [-0.39, 0.29) is 23.0 Å². The first-order valence-electron chi connectivity index (χ1n) is 11.0. The van der Waals surface area contributed by atoms with Gasteiger partial charge in [-0.05, 0) is 65.2 Å². The lowest BCUT2D eigenvalue weighted by Gasteiger charge is -2.44. The van der Waals surface area contributed by atoms with Gasteiger partial charge in [-0.1, -0.05) is 17.7 Å². The van der Waals surface area contributed by atoms with Crippen molar-refractivity contribution in [1.29, 1.82) is 0 Å². The van der Waals surface area contributed by atoms with Crippen molar-refractivity contribution >= 4 is 29.4 Å². The van der Waals surface area contributed by atoms with Crippen LogP contribution in [0.25, 0.3) is 0 Å². The number of amides is 1. The lowest BCUT2D eigenvalue weighted by molar-refractivity contribution is -0.0888. The Balaban J connectivity index is 2.00. The molecule has 1 aliphatic heterocycles. The molecule has 2 aromatic rings. The molecule has 10 heteroatoms. The summed E-state index contributed by atoms with van der Waals surface area (Å²) in [5.74, 6) is -1.45. The Morgan fingerprint density at radius 3 is 2.54 bits per heavy atom. The van der Waals surface area contributed by atoms with Crippen LogP contribution >= 0.6 is 11.6 Å². The molecule has 188 valence electrons. The molecule has 1 N–H and O–H groups in total. The summed E-state index contributed by atoms with van der Waals surface area (Å²) in [5, 5.41) is 2.65. The Morgan fingerprint density at radius 1 is 1.20 bits per heavy atom. The molecule has 0 spiro atoms. The van der Waals surface area contributed by atoms with Crippen LogP contribution < -0.4 is 10.1 Å². The molecule has 0 aromatic heterocycles. The largest absolute Gasteiger partial charge is 0.508 e. The monoisotopic (exact) mass is 506 g/mol. The third kappa shape index (κ3) is 6.10. The van der Waals surface area contributed by atoms with E-state index >= 15 is 0 Å². The van der Waals surface area contributed by atoms with Gasteiger partial charge in [0.15, 0.2) is 11.9 Å². The smallest absolute Gasteiger partial charge is 0.484 e. The van der Waals surface area contributed by atoms with Crippen molar-refractivity contribution in [2.75, 3.05) is 27.2 Å². The predicted molar refractivity (Wildman–Crippen MR) is 128 cm³/mol. The Kier molecular flexibility index (Phi) is 8.02. The fraction of sp³-hybridized carbons (Fsp3) is 0.400. The van der Waals surface area contributed by atoms with Gasteiger partial charge < -0.3 is 24.4 Å². The van der Waals surface area contributed by atoms with Crippen molar-refractivity contribution in [2.24, 2.45) is 0 Å². The van der Waals surface area contributed by atoms with Gasteiger partial charge in [-0.25, -0.2) is 9.18 Å². The van der Waals surface area contributed by atoms with Crippen LogP contribution in [0.3, 0.4) is 0 Å². The number of nitrogens with zero attached hydrogens (tertiary/aromatic N) is 1. The molecule has 2 atom stereocenters. The number of benzene rings is 2. The normalized spacial score (nSPS) is 18.3. The van der Waals surface area contributed by atoms with E-state index in [9.17, 15) is 18.8 Å². The summed E-state index contributed by atoms with van der Waals surface area (Å²) in [6.07, 6.45) is -2.04. The average Bonchev–Trinajstić information content (AvgIpc) is 2.75. The number of ketones is 1. The highest BCUT2D eigenvalue weighted by Gasteiger charge is 2.48. The molecule has 1 aliphatic rings. The minimum Gasteiger partial charge on any atom is -0.484 e. The van der Waals surface area contributed by atoms with Crippen LogP contribution in [-0.4, -0.2) is 61.7 Å². The van der Waals surface area contributed by atoms with E-state index in [1.54, 1.807) is 32.0 Å². The van der Waals surface area contributed by atoms with E-state index in [1.807, 2.05) is 19.0 Å². The highest BCUT2D eigenvalue weighted by molar-refractivity contribution is 6.33. The number of fused-ring (bicyclic) bond motifs is 1. The summed E-state index contributed by atoms with van der Waals surface area (Å²) in [6.45, 7) is 5.34. The molecule has 1 amide bonds. The van der Waals surface area contributed by atoms with Gasteiger partial charge in [0, 0.05) is 17.7 Å². The van der Waals surface area contributed by atoms with Crippen molar-refractivity contribution in [3.63, 3.8) is 0 Å². The molecule has 0 saturated heterocycles. The first kappa shape index (κ1) is 26.4. The molecule has 3 rings (SSSR count). The number of hydrogen-bond donors (Lipinski definition) is 1. The zero-order chi connectivity index (χ0) is 25.9. The first-order chi connectivity index (χ1) is 16.4. The third-order valence-corrected chi connectivity index (χ3v) is 5.89. The number of likely N-dealkylation sites (N-methyl/N-ethyl adjacent to an activating group) is 1. The molecule has 0 saturated carbocycles. The fourth-order valence-electron chi connectivity index (χ4n) is 3.75. The van der Waals surface area contributed by atoms with Gasteiger partial charge in [0.2, 0.25) is 0 Å². The summed E-state index contributed by atoms with van der Waals surface area (Å²) in [6, 6.07) is 7.65. The molecule has 0 bridgehead atoms. The zero-order valence-electron chi connectivity index (χ0n) is 20.2. The maximum Gasteiger partial charge on any atom is 0.508 e. The van der Waals surface area contributed by atoms with Crippen LogP contribution in [0.1, 0.15) is 53.1 Å². The Bertz CT molecular complexity index is 1120. The van der Waals surface area contributed by atoms with Gasteiger partial charge in [0.25, 0.3) is 5.91 Å². The second kappa shape index (κ2) is 10.6. The van der Waals surface area contributed by atoms with Crippen LogP contribution in [0, 0.1) is 5.82 Å². The second-order valence-electron chi connectivity index (χ2n) is 9.00. The number of halogens is 2. The standard InChI is InChI=1S/C25H28ClFN2O6/c1-14(30)15-9-10-19-16(13-15)21(28-23(31)20-17(26)7-6-8-18(20)27)22(25(2,3)35-19)34-24(32)33-12-11-29(4)5/h6-10,13,21-22H,11-12H2,1-5H3,(H,28,31)/t21-,22-/m0/s1. The number of rotatable bonds is 7. The number of hydrogen-bond acceptors (Lipinski definition) is 7. The molecular formula is C25H28ClFN2O6. The van der Waals surface area contributed by atoms with Crippen molar-refractivity contribution < 1.29 is 33.0 Å². The minimum absolute atomic E-state index is 0.0768. The van der Waals surface area contributed by atoms with Gasteiger partial charge in [-0.15, -0.1) is 0 Å². The molecule has 2 aromatic carbocycles. The maximum atomic E-state index is 14.5. The van der Waals surface area contributed by atoms with Crippen molar-refractivity contribution in [3.05, 3.63) is 63.9 Å². The van der Waals surface area contributed by atoms with Gasteiger partial charge >= 0.3 is 6.16 Å². The van der Waals surface area contributed by atoms with E-state index < -0.39 is 35.6 Å². The molecule has 0 unspecified atom stereocenters. The van der Waals surface area contributed by atoms with Crippen LogP contribution in [-0.2, 0) is 9.47 Å². The quantitative estimate of drug-likeness (QED) is 0.439. The Labute approximate surface area is 208 Å². The fourth-order valence-corrected chi connectivity index (χ4v) is 4.00. The van der Waals surface area contributed by atoms with Gasteiger partial charge in [0.05, 0.1) is 16.6 Å². The van der Waals surface area contributed by atoms with Gasteiger partial charge in [-0.3, -0.25) is 9.59 Å². The van der Waals surface area contributed by atoms with Crippen molar-refractivity contribution in [3.8, 4) is 5.75 Å². The summed E-state index contributed by atoms with van der Waals surface area (Å²) in [5.41, 5.74) is -0.719. The molecule has 35 heavy (non-hydrogen) atoms. The molecule has 1 heterocycles. The molecule has 0 radical (unpaired) electrons. The van der Waals surface area contributed by atoms with Gasteiger partial charge in [0.1, 0.15) is 23.8 Å². The van der Waals surface area contributed by atoms with E-state index in [0.29, 0.717) is 23.4 Å². The number of nitrogens with one attached hydrogen (secondary N) is 1. The predicted octanol–water partition coefficient (Wildman–Crippen LogP) is 4.41. The molecule has 0 aliphatic carbocycles. The summed E-state index contributed by atoms with van der Waals surface area (Å²) >= 11 is 6.09. The SMILES string of the molecule is CC(=O)c1ccc2c(c1)[C@H](NC(=O)c1c(F)cccc1Cl)[C@H](OC(=O)OCCN(C)C)C(C)(C)O2. The zero-order valence-corrected chi connectivity index (χ0v) is 20.9. The lowest BCUT2D eigenvalue weighted by atomic mass is 9.85. The minimum atomic E-state index is -1.12. The third-order valence-electron chi connectivity index (χ3n) is 5.57. The first-order valence-corrected chi connectivity index (χ1v) is 11.4. The van der Waals surface area contributed by atoms with Crippen LogP contribution in [0.4, 0.5) is 9.18 Å². The number of Topliss-reactive ketones (excluding diaryl/α,β-unsaturated/α-hetero) is 1. The van der Waals surface area contributed by atoms with E-state index in [4.69, 9.17) is 25.8 Å². The average molecular weight is 507 g/mol. The summed E-state index contributed by atoms with van der Waals surface area (Å²) in [7, 11) is 3.66. The molecule has 8 nitrogen and oxygen atoms in total. The highest BCUT2D eigenvalue weighted by atomic mass is 35.5. The number of ether oxygens (including phenoxy) is 3. The van der Waals surface area contributed by atoms with Crippen LogP contribution in [0.5, 0.6) is 5.75 Å². The number of carbonyl (C=O) groups is 3. The van der Waals surface area contributed by atoms with Crippen molar-refractivity contribution in [1.82, 2.24) is 10.2 Å². The topological polar surface area (TPSA) is 94.2 Å². The Morgan fingerprint density at radius 2 is 1.91 bits per heavy atom. The van der Waals surface area contributed by atoms with E-state index in [0.717, 1.165) is 6.07 Å². The second-order valence-corrected chi connectivity index (χ2v) is 9.41. The highest BCUT2D eigenvalue weighted by Crippen LogP contribution is 2.42. The van der Waals surface area contributed by atoms with E-state index in [2.05, 4.69) is 5.32 Å². The maximum absolute atomic E-state index is 14.5. The number of carbonyl (C=O) groups excluding carboxylic acids is 3. The molecular weight excluding hydrogens is 479 g/mol. The van der Waals surface area contributed by atoms with Crippen LogP contribution in [0.2, 0.25) is 5.02 Å². The van der Waals surface area contributed by atoms with Crippen molar-refractivity contribution in [2.45, 2.75) is 38.5 Å². The van der Waals surface area contributed by atoms with Gasteiger partial charge in [-0.2, -0.15) is 0 Å². The molecule has 0 fully saturated rings. The lowest BCUT2D eigenvalue weighted by Crippen LogP contribution is -2.55. The van der Waals surface area contributed by atoms with Crippen LogP contribution in [0.15, 0.2) is 36.4 Å². The summed E-state index contributed by atoms with van der Waals surface area (Å²) in [4.78, 5) is 39.5. The van der Waals surface area contributed by atoms with E-state index in [1.165, 1.54) is 19.1 Å². The summed E-state index contributed by atoms with van der Waals surface area (Å²) < 4.78 is 31.3. The Hall–Kier alpha value is -3.17.